The van der Waals surface area contributed by atoms with Crippen molar-refractivity contribution in [1.82, 2.24) is 0 Å². The minimum Gasteiger partial charge on any atom is -0.481 e. The van der Waals surface area contributed by atoms with Crippen LogP contribution in [-0.4, -0.2) is 44.3 Å². The Labute approximate surface area is 180 Å². The van der Waals surface area contributed by atoms with Gasteiger partial charge in [-0.25, -0.2) is 0 Å². The number of aliphatic carboxylic acids is 1. The number of rotatable bonds is 4. The molecule has 0 aromatic heterocycles. The van der Waals surface area contributed by atoms with Crippen LogP contribution in [0.15, 0.2) is 0 Å². The van der Waals surface area contributed by atoms with Gasteiger partial charge in [0.05, 0.1) is 12.2 Å². The lowest BCUT2D eigenvalue weighted by Crippen LogP contribution is -2.69. The van der Waals surface area contributed by atoms with Gasteiger partial charge < -0.3 is 26.2 Å². The van der Waals surface area contributed by atoms with Gasteiger partial charge in [0, 0.05) is 12.3 Å². The molecule has 6 N–H and O–H groups in total. The van der Waals surface area contributed by atoms with E-state index in [4.69, 9.17) is 10.8 Å². The minimum atomic E-state index is -1.28. The summed E-state index contributed by atoms with van der Waals surface area (Å²) in [6.07, 6.45) is 5.42. The first-order chi connectivity index (χ1) is 13.9. The van der Waals surface area contributed by atoms with Crippen LogP contribution >= 0.6 is 0 Å². The van der Waals surface area contributed by atoms with Gasteiger partial charge in [0.25, 0.3) is 0 Å². The van der Waals surface area contributed by atoms with Gasteiger partial charge in [-0.05, 0) is 91.8 Å². The second-order valence-electron chi connectivity index (χ2n) is 11.8. The number of hydrogen-bond acceptors (Lipinski definition) is 5. The first-order valence-electron chi connectivity index (χ1n) is 12.0. The van der Waals surface area contributed by atoms with E-state index in [0.29, 0.717) is 25.7 Å². The molecule has 0 aliphatic heterocycles. The van der Waals surface area contributed by atoms with Crippen molar-refractivity contribution in [3.05, 3.63) is 0 Å². The third-order valence-corrected chi connectivity index (χ3v) is 10.5. The van der Waals surface area contributed by atoms with Crippen LogP contribution in [0.3, 0.4) is 0 Å². The van der Waals surface area contributed by atoms with Crippen LogP contribution in [0.2, 0.25) is 0 Å². The normalized spacial score (nSPS) is 54.0. The highest BCUT2D eigenvalue weighted by atomic mass is 16.4. The fourth-order valence-corrected chi connectivity index (χ4v) is 8.80. The SMILES string of the molecule is C[C@H](CCC(=O)O)[C@H]1CC[C@H]2[C@H]3[C@H](C[C@H](O)[C@]12C)[C@@]1(C)CC[C@@H](O)C[C@H]1C[C@@]3(N)O. The Kier molecular flexibility index (Phi) is 5.57. The number of carboxylic acid groups (broad SMARTS) is 1. The Morgan fingerprint density at radius 2 is 1.83 bits per heavy atom. The van der Waals surface area contributed by atoms with Crippen LogP contribution < -0.4 is 5.73 Å². The lowest BCUT2D eigenvalue weighted by molar-refractivity contribution is -0.240. The smallest absolute Gasteiger partial charge is 0.303 e. The van der Waals surface area contributed by atoms with Crippen LogP contribution in [0.5, 0.6) is 0 Å². The predicted molar refractivity (Wildman–Crippen MR) is 113 cm³/mol. The predicted octanol–water partition coefficient (Wildman–Crippen LogP) is 2.74. The van der Waals surface area contributed by atoms with E-state index >= 15 is 0 Å². The molecule has 0 saturated heterocycles. The zero-order valence-corrected chi connectivity index (χ0v) is 18.8. The van der Waals surface area contributed by atoms with Crippen molar-refractivity contribution in [1.29, 1.82) is 0 Å². The molecule has 4 aliphatic rings. The molecule has 4 aliphatic carbocycles. The molecule has 172 valence electrons. The third kappa shape index (κ3) is 3.25. The van der Waals surface area contributed by atoms with Crippen LogP contribution in [0.1, 0.15) is 78.6 Å². The lowest BCUT2D eigenvalue weighted by Gasteiger charge is -2.65. The summed E-state index contributed by atoms with van der Waals surface area (Å²) in [6, 6.07) is 0. The monoisotopic (exact) mass is 423 g/mol. The molecule has 11 atom stereocenters. The molecule has 6 heteroatoms. The van der Waals surface area contributed by atoms with Crippen molar-refractivity contribution >= 4 is 5.97 Å². The average molecular weight is 424 g/mol. The summed E-state index contributed by atoms with van der Waals surface area (Å²) in [6.45, 7) is 6.59. The molecule has 6 nitrogen and oxygen atoms in total. The van der Waals surface area contributed by atoms with E-state index in [1.165, 1.54) is 0 Å². The molecule has 4 fully saturated rings. The van der Waals surface area contributed by atoms with E-state index in [1.54, 1.807) is 0 Å². The van der Waals surface area contributed by atoms with Gasteiger partial charge in [0.15, 0.2) is 0 Å². The standard InChI is InChI=1S/C24H41NO5/c1-13(4-7-20(28)29)16-5-6-17-21-18(11-19(27)23(16,17)3)22(2)9-8-15(26)10-14(22)12-24(21,25)30/h13-19,21,26-27,30H,4-12,25H2,1-3H3,(H,28,29)/t13-,14+,15-,16-,17+,18+,19+,21+,22+,23-,24-/m1/s1. The number of carbonyl (C=O) groups is 1. The zero-order valence-electron chi connectivity index (χ0n) is 18.8. The molecular weight excluding hydrogens is 382 g/mol. The number of hydrogen-bond donors (Lipinski definition) is 5. The van der Waals surface area contributed by atoms with E-state index in [9.17, 15) is 20.1 Å². The van der Waals surface area contributed by atoms with Crippen LogP contribution in [0.25, 0.3) is 0 Å². The maximum absolute atomic E-state index is 11.5. The molecule has 4 rings (SSSR count). The molecular formula is C24H41NO5. The molecule has 0 aromatic carbocycles. The topological polar surface area (TPSA) is 124 Å². The van der Waals surface area contributed by atoms with E-state index in [0.717, 1.165) is 25.7 Å². The van der Waals surface area contributed by atoms with Crippen LogP contribution in [0.4, 0.5) is 0 Å². The van der Waals surface area contributed by atoms with Crippen LogP contribution in [-0.2, 0) is 4.79 Å². The van der Waals surface area contributed by atoms with Crippen molar-refractivity contribution in [2.75, 3.05) is 0 Å². The van der Waals surface area contributed by atoms with Gasteiger partial charge in [-0.3, -0.25) is 4.79 Å². The summed E-state index contributed by atoms with van der Waals surface area (Å²) in [7, 11) is 0. The quantitative estimate of drug-likeness (QED) is 0.443. The fourth-order valence-electron chi connectivity index (χ4n) is 8.80. The summed E-state index contributed by atoms with van der Waals surface area (Å²) in [5.41, 5.74) is 5.01. The average Bonchev–Trinajstić information content (AvgIpc) is 3.00. The van der Waals surface area contributed by atoms with Crippen molar-refractivity contribution in [3.63, 3.8) is 0 Å². The van der Waals surface area contributed by atoms with Gasteiger partial charge in [-0.2, -0.15) is 0 Å². The largest absolute Gasteiger partial charge is 0.481 e. The number of aliphatic hydroxyl groups is 3. The van der Waals surface area contributed by atoms with Crippen molar-refractivity contribution in [3.8, 4) is 0 Å². The first kappa shape index (κ1) is 22.5. The summed E-state index contributed by atoms with van der Waals surface area (Å²) in [4.78, 5) is 11.1. The number of aliphatic hydroxyl groups excluding tert-OH is 2. The molecule has 0 heterocycles. The van der Waals surface area contributed by atoms with Gasteiger partial charge in [0.1, 0.15) is 5.72 Å². The Balaban J connectivity index is 1.65. The van der Waals surface area contributed by atoms with Crippen LogP contribution in [0, 0.1) is 46.3 Å². The highest BCUT2D eigenvalue weighted by Gasteiger charge is 2.68. The highest BCUT2D eigenvalue weighted by molar-refractivity contribution is 5.66. The van der Waals surface area contributed by atoms with Gasteiger partial charge >= 0.3 is 5.97 Å². The first-order valence-corrected chi connectivity index (χ1v) is 12.0. The third-order valence-electron chi connectivity index (χ3n) is 10.5. The highest BCUT2D eigenvalue weighted by Crippen LogP contribution is 2.69. The number of fused-ring (bicyclic) bond motifs is 5. The van der Waals surface area contributed by atoms with E-state index in [-0.39, 0.29) is 58.9 Å². The van der Waals surface area contributed by atoms with Crippen molar-refractivity contribution in [2.24, 2.45) is 52.1 Å². The zero-order chi connectivity index (χ0) is 22.1. The fraction of sp³-hybridized carbons (Fsp3) is 0.958. The molecule has 0 aromatic rings. The Morgan fingerprint density at radius 1 is 1.13 bits per heavy atom. The maximum Gasteiger partial charge on any atom is 0.303 e. The number of nitrogens with two attached hydrogens (primary N) is 1. The number of carboxylic acids is 1. The second kappa shape index (κ2) is 7.43. The van der Waals surface area contributed by atoms with Gasteiger partial charge in [0.2, 0.25) is 0 Å². The Morgan fingerprint density at radius 3 is 2.50 bits per heavy atom. The summed E-state index contributed by atoms with van der Waals surface area (Å²) in [5, 5.41) is 42.4. The van der Waals surface area contributed by atoms with Gasteiger partial charge in [-0.15, -0.1) is 0 Å². The second-order valence-corrected chi connectivity index (χ2v) is 11.8. The summed E-state index contributed by atoms with van der Waals surface area (Å²) in [5.74, 6) is 0.105. The van der Waals surface area contributed by atoms with E-state index in [2.05, 4.69) is 20.8 Å². The van der Waals surface area contributed by atoms with Crippen molar-refractivity contribution < 1.29 is 25.2 Å². The van der Waals surface area contributed by atoms with Crippen molar-refractivity contribution in [2.45, 2.75) is 96.5 Å². The maximum atomic E-state index is 11.5. The summed E-state index contributed by atoms with van der Waals surface area (Å²) >= 11 is 0. The minimum absolute atomic E-state index is 0.00911. The van der Waals surface area contributed by atoms with E-state index < -0.39 is 17.8 Å². The molecule has 30 heavy (non-hydrogen) atoms. The summed E-state index contributed by atoms with van der Waals surface area (Å²) < 4.78 is 0. The molecule has 0 bridgehead atoms. The molecule has 0 amide bonds. The van der Waals surface area contributed by atoms with Gasteiger partial charge in [-0.1, -0.05) is 20.8 Å². The molecule has 0 spiro atoms. The Hall–Kier alpha value is -0.690. The molecule has 4 saturated carbocycles. The Bertz CT molecular complexity index is 683. The lowest BCUT2D eigenvalue weighted by atomic mass is 9.42. The van der Waals surface area contributed by atoms with E-state index in [1.807, 2.05) is 0 Å². The molecule has 0 radical (unpaired) electrons. The molecule has 0 unspecified atom stereocenters.